The Morgan fingerprint density at radius 1 is 1.37 bits per heavy atom. The van der Waals surface area contributed by atoms with Gasteiger partial charge in [-0.15, -0.1) is 0 Å². The van der Waals surface area contributed by atoms with Crippen molar-refractivity contribution in [2.24, 2.45) is 13.0 Å². The number of aliphatic hydroxyl groups is 1. The van der Waals surface area contributed by atoms with Gasteiger partial charge in [-0.25, -0.2) is 0 Å². The van der Waals surface area contributed by atoms with E-state index < -0.39 is 0 Å². The van der Waals surface area contributed by atoms with Crippen LogP contribution in [-0.2, 0) is 18.3 Å². The molecule has 3 atom stereocenters. The first-order chi connectivity index (χ1) is 13.0. The fraction of sp³-hybridized carbons (Fsp3) is 0.500. The Morgan fingerprint density at radius 2 is 2.15 bits per heavy atom. The summed E-state index contributed by atoms with van der Waals surface area (Å²) in [5.41, 5.74) is 6.57. The maximum absolute atomic E-state index is 12.8. The lowest BCUT2D eigenvalue weighted by atomic mass is 9.79. The SMILES string of the molecule is CC[C@@H](CO)NC(=O)[C@@H]1C=C2c3cccc4c3c(c(C)n4C)C[C@H]2N(C)C1. The molecule has 0 saturated carbocycles. The number of nitrogens with zero attached hydrogens (tertiary/aromatic N) is 2. The van der Waals surface area contributed by atoms with Crippen LogP contribution in [0.25, 0.3) is 16.5 Å². The highest BCUT2D eigenvalue weighted by molar-refractivity contribution is 6.00. The molecule has 5 heteroatoms. The molecule has 1 aromatic carbocycles. The third-order valence-corrected chi connectivity index (χ3v) is 6.51. The van der Waals surface area contributed by atoms with E-state index in [0.29, 0.717) is 12.6 Å². The molecule has 0 unspecified atom stereocenters. The number of carbonyl (C=O) groups is 1. The van der Waals surface area contributed by atoms with Gasteiger partial charge in [-0.05, 0) is 49.6 Å². The van der Waals surface area contributed by atoms with E-state index in [1.54, 1.807) is 0 Å². The smallest absolute Gasteiger partial charge is 0.228 e. The molecular formula is C22H29N3O2. The maximum Gasteiger partial charge on any atom is 0.228 e. The Hall–Kier alpha value is -2.11. The monoisotopic (exact) mass is 367 g/mol. The number of aliphatic hydroxyl groups excluding tert-OH is 1. The van der Waals surface area contributed by atoms with Crippen LogP contribution in [0.3, 0.4) is 0 Å². The molecule has 1 amide bonds. The second kappa shape index (κ2) is 6.80. The second-order valence-electron chi connectivity index (χ2n) is 8.01. The molecule has 2 heterocycles. The van der Waals surface area contributed by atoms with Gasteiger partial charge in [0.25, 0.3) is 0 Å². The number of fused-ring (bicyclic) bond motifs is 2. The number of hydrogen-bond acceptors (Lipinski definition) is 3. The van der Waals surface area contributed by atoms with Crippen molar-refractivity contribution in [3.05, 3.63) is 41.1 Å². The maximum atomic E-state index is 12.8. The van der Waals surface area contributed by atoms with Crippen LogP contribution in [0.15, 0.2) is 24.3 Å². The van der Waals surface area contributed by atoms with Crippen molar-refractivity contribution in [3.8, 4) is 0 Å². The highest BCUT2D eigenvalue weighted by Crippen LogP contribution is 2.42. The van der Waals surface area contributed by atoms with E-state index in [2.05, 4.69) is 60.1 Å². The van der Waals surface area contributed by atoms with Crippen LogP contribution in [0.2, 0.25) is 0 Å². The first kappa shape index (κ1) is 18.3. The van der Waals surface area contributed by atoms with Crippen molar-refractivity contribution in [1.82, 2.24) is 14.8 Å². The van der Waals surface area contributed by atoms with Crippen LogP contribution in [0.4, 0.5) is 0 Å². The van der Waals surface area contributed by atoms with E-state index in [1.165, 1.54) is 33.3 Å². The molecule has 1 aliphatic heterocycles. The number of benzene rings is 1. The van der Waals surface area contributed by atoms with Gasteiger partial charge in [-0.2, -0.15) is 0 Å². The number of amides is 1. The molecule has 4 rings (SSSR count). The summed E-state index contributed by atoms with van der Waals surface area (Å²) in [6.07, 6.45) is 3.89. The fourth-order valence-corrected chi connectivity index (χ4v) is 4.72. The number of carbonyl (C=O) groups excluding carboxylic acids is 1. The molecule has 2 aromatic rings. The average Bonchev–Trinajstić information content (AvgIpc) is 2.92. The Bertz CT molecular complexity index is 923. The molecule has 27 heavy (non-hydrogen) atoms. The van der Waals surface area contributed by atoms with Crippen LogP contribution in [0.5, 0.6) is 0 Å². The zero-order chi connectivity index (χ0) is 19.3. The van der Waals surface area contributed by atoms with Crippen molar-refractivity contribution in [2.45, 2.75) is 38.8 Å². The van der Waals surface area contributed by atoms with Crippen molar-refractivity contribution in [1.29, 1.82) is 0 Å². The van der Waals surface area contributed by atoms with Crippen LogP contribution in [-0.4, -0.2) is 52.8 Å². The largest absolute Gasteiger partial charge is 0.394 e. The second-order valence-corrected chi connectivity index (χ2v) is 8.01. The van der Waals surface area contributed by atoms with Gasteiger partial charge >= 0.3 is 0 Å². The third-order valence-electron chi connectivity index (χ3n) is 6.51. The fourth-order valence-electron chi connectivity index (χ4n) is 4.72. The molecule has 0 bridgehead atoms. The van der Waals surface area contributed by atoms with Gasteiger partial charge in [0.05, 0.1) is 18.6 Å². The summed E-state index contributed by atoms with van der Waals surface area (Å²) in [4.78, 5) is 15.1. The zero-order valence-electron chi connectivity index (χ0n) is 16.6. The van der Waals surface area contributed by atoms with Gasteiger partial charge in [0.15, 0.2) is 0 Å². The number of hydrogen-bond donors (Lipinski definition) is 2. The number of aryl methyl sites for hydroxylation is 1. The predicted octanol–water partition coefficient (Wildman–Crippen LogP) is 2.24. The van der Waals surface area contributed by atoms with Crippen molar-refractivity contribution in [3.63, 3.8) is 0 Å². The van der Waals surface area contributed by atoms with Crippen molar-refractivity contribution < 1.29 is 9.90 Å². The van der Waals surface area contributed by atoms with E-state index in [0.717, 1.165) is 12.8 Å². The first-order valence-corrected chi connectivity index (χ1v) is 9.86. The van der Waals surface area contributed by atoms with E-state index in [9.17, 15) is 9.90 Å². The Morgan fingerprint density at radius 3 is 2.85 bits per heavy atom. The summed E-state index contributed by atoms with van der Waals surface area (Å²) in [7, 11) is 4.25. The number of rotatable bonds is 4. The van der Waals surface area contributed by atoms with Gasteiger partial charge in [0.2, 0.25) is 5.91 Å². The van der Waals surface area contributed by atoms with Gasteiger partial charge in [0, 0.05) is 36.2 Å². The summed E-state index contributed by atoms with van der Waals surface area (Å²) >= 11 is 0. The lowest BCUT2D eigenvalue weighted by Gasteiger charge is -2.39. The zero-order valence-corrected chi connectivity index (χ0v) is 16.6. The summed E-state index contributed by atoms with van der Waals surface area (Å²) in [5, 5.41) is 13.7. The molecular weight excluding hydrogens is 338 g/mol. The van der Waals surface area contributed by atoms with Gasteiger partial charge in [-0.1, -0.05) is 25.1 Å². The van der Waals surface area contributed by atoms with Crippen LogP contribution < -0.4 is 5.32 Å². The van der Waals surface area contributed by atoms with E-state index in [4.69, 9.17) is 0 Å². The van der Waals surface area contributed by atoms with Crippen molar-refractivity contribution >= 4 is 22.4 Å². The highest BCUT2D eigenvalue weighted by Gasteiger charge is 2.36. The molecule has 2 aliphatic rings. The summed E-state index contributed by atoms with van der Waals surface area (Å²) < 4.78 is 2.28. The van der Waals surface area contributed by atoms with Gasteiger partial charge < -0.3 is 15.0 Å². The first-order valence-electron chi connectivity index (χ1n) is 9.86. The molecule has 2 N–H and O–H groups in total. The quantitative estimate of drug-likeness (QED) is 0.871. The average molecular weight is 367 g/mol. The van der Waals surface area contributed by atoms with Gasteiger partial charge in [-0.3, -0.25) is 9.69 Å². The minimum Gasteiger partial charge on any atom is -0.394 e. The van der Waals surface area contributed by atoms with Crippen LogP contribution in [0, 0.1) is 12.8 Å². The Labute approximate surface area is 160 Å². The number of nitrogens with one attached hydrogen (secondary N) is 1. The Balaban J connectivity index is 1.77. The predicted molar refractivity (Wildman–Crippen MR) is 109 cm³/mol. The third kappa shape index (κ3) is 2.80. The molecule has 0 fully saturated rings. The highest BCUT2D eigenvalue weighted by atomic mass is 16.3. The summed E-state index contributed by atoms with van der Waals surface area (Å²) in [5.74, 6) is -0.181. The standard InChI is InChI=1S/C22H29N3O2/c1-5-15(12-26)23-22(27)14-9-18-16-7-6-8-19-21(16)17(13(2)25(19)4)10-20(18)24(3)11-14/h6-9,14-15,20,26H,5,10-12H2,1-4H3,(H,23,27)/t14-,15+,20-/m1/s1. The lowest BCUT2D eigenvalue weighted by Crippen LogP contribution is -2.48. The number of likely N-dealkylation sites (N-methyl/N-ethyl adjacent to an activating group) is 1. The van der Waals surface area contributed by atoms with Crippen LogP contribution in [0.1, 0.15) is 30.2 Å². The van der Waals surface area contributed by atoms with Crippen LogP contribution >= 0.6 is 0 Å². The van der Waals surface area contributed by atoms with E-state index in [-0.39, 0.29) is 24.5 Å². The normalized spacial score (nSPS) is 23.1. The molecule has 1 aliphatic carbocycles. The topological polar surface area (TPSA) is 57.5 Å². The molecule has 0 saturated heterocycles. The number of aromatic nitrogens is 1. The van der Waals surface area contributed by atoms with E-state index >= 15 is 0 Å². The minimum absolute atomic E-state index is 0.0101. The summed E-state index contributed by atoms with van der Waals surface area (Å²) in [6.45, 7) is 4.87. The Kier molecular flexibility index (Phi) is 4.60. The van der Waals surface area contributed by atoms with Crippen molar-refractivity contribution in [2.75, 3.05) is 20.2 Å². The summed E-state index contributed by atoms with van der Waals surface area (Å²) in [6, 6.07) is 6.64. The molecule has 0 spiro atoms. The molecule has 144 valence electrons. The molecule has 1 aromatic heterocycles. The molecule has 5 nitrogen and oxygen atoms in total. The van der Waals surface area contributed by atoms with E-state index in [1.807, 2.05) is 6.92 Å². The lowest BCUT2D eigenvalue weighted by molar-refractivity contribution is -0.125. The minimum atomic E-state index is -0.191. The van der Waals surface area contributed by atoms with Gasteiger partial charge in [0.1, 0.15) is 0 Å². The molecule has 0 radical (unpaired) electrons.